The molecule has 3 rings (SSSR count). The van der Waals surface area contributed by atoms with Gasteiger partial charge < -0.3 is 31.0 Å². The number of nitrogens with two attached hydrogens (primary N) is 2. The number of hydrogen-bond donors (Lipinski definition) is 3. The van der Waals surface area contributed by atoms with Crippen molar-refractivity contribution in [3.63, 3.8) is 0 Å². The highest BCUT2D eigenvalue weighted by Gasteiger charge is 2.14. The maximum Gasteiger partial charge on any atom is 0.248 e. The molecule has 2 aromatic carbocycles. The van der Waals surface area contributed by atoms with Gasteiger partial charge in [0, 0.05) is 35.0 Å². The van der Waals surface area contributed by atoms with E-state index in [2.05, 4.69) is 15.3 Å². The smallest absolute Gasteiger partial charge is 0.248 e. The standard InChI is InChI=1S/C20H21N5O4/c1-27-15-8-13(9-16(28-2)18(15)29-3)23-17-10-14(24-20(22)25-17)11-4-6-12(7-5-11)19(21)26/h4-10H,1-3H3,(H2,21,26)(H3,22,23,24,25). The van der Waals surface area contributed by atoms with Crippen LogP contribution in [0, 0.1) is 0 Å². The molecule has 1 aromatic heterocycles. The zero-order valence-electron chi connectivity index (χ0n) is 16.2. The van der Waals surface area contributed by atoms with E-state index in [0.717, 1.165) is 5.56 Å². The Bertz CT molecular complexity index is 1010. The lowest BCUT2D eigenvalue weighted by molar-refractivity contribution is 0.100. The van der Waals surface area contributed by atoms with E-state index in [1.165, 1.54) is 21.3 Å². The normalized spacial score (nSPS) is 10.3. The van der Waals surface area contributed by atoms with E-state index in [4.69, 9.17) is 25.7 Å². The highest BCUT2D eigenvalue weighted by atomic mass is 16.5. The third-order valence-corrected chi connectivity index (χ3v) is 4.15. The van der Waals surface area contributed by atoms with Crippen LogP contribution in [0.4, 0.5) is 17.5 Å². The first-order valence-corrected chi connectivity index (χ1v) is 8.57. The van der Waals surface area contributed by atoms with Crippen LogP contribution in [0.15, 0.2) is 42.5 Å². The van der Waals surface area contributed by atoms with Crippen molar-refractivity contribution in [1.29, 1.82) is 0 Å². The van der Waals surface area contributed by atoms with Crippen LogP contribution in [-0.2, 0) is 0 Å². The zero-order valence-corrected chi connectivity index (χ0v) is 16.2. The average Bonchev–Trinajstić information content (AvgIpc) is 2.72. The number of hydrogen-bond acceptors (Lipinski definition) is 8. The average molecular weight is 395 g/mol. The fourth-order valence-electron chi connectivity index (χ4n) is 2.78. The second kappa shape index (κ2) is 8.34. The van der Waals surface area contributed by atoms with Crippen LogP contribution in [0.2, 0.25) is 0 Å². The minimum absolute atomic E-state index is 0.0939. The van der Waals surface area contributed by atoms with Crippen LogP contribution in [0.25, 0.3) is 11.3 Å². The van der Waals surface area contributed by atoms with Gasteiger partial charge in [-0.05, 0) is 12.1 Å². The largest absolute Gasteiger partial charge is 0.493 e. The van der Waals surface area contributed by atoms with Gasteiger partial charge in [-0.3, -0.25) is 4.79 Å². The summed E-state index contributed by atoms with van der Waals surface area (Å²) in [6.45, 7) is 0. The second-order valence-corrected chi connectivity index (χ2v) is 5.98. The van der Waals surface area contributed by atoms with Gasteiger partial charge in [-0.2, -0.15) is 4.98 Å². The molecular formula is C20H21N5O4. The number of benzene rings is 2. The Balaban J connectivity index is 1.95. The Morgan fingerprint density at radius 1 is 0.931 bits per heavy atom. The van der Waals surface area contributed by atoms with Crippen molar-refractivity contribution in [1.82, 2.24) is 9.97 Å². The Morgan fingerprint density at radius 2 is 1.55 bits per heavy atom. The molecule has 0 saturated heterocycles. The number of aromatic nitrogens is 2. The fourth-order valence-corrected chi connectivity index (χ4v) is 2.78. The number of nitrogens with zero attached hydrogens (tertiary/aromatic N) is 2. The van der Waals surface area contributed by atoms with Crippen LogP contribution in [-0.4, -0.2) is 37.2 Å². The summed E-state index contributed by atoms with van der Waals surface area (Å²) in [6, 6.07) is 12.0. The molecule has 29 heavy (non-hydrogen) atoms. The summed E-state index contributed by atoms with van der Waals surface area (Å²) in [4.78, 5) is 19.7. The van der Waals surface area contributed by atoms with Crippen molar-refractivity contribution in [2.24, 2.45) is 5.73 Å². The van der Waals surface area contributed by atoms with Gasteiger partial charge in [0.25, 0.3) is 0 Å². The van der Waals surface area contributed by atoms with Gasteiger partial charge in [-0.1, -0.05) is 12.1 Å². The van der Waals surface area contributed by atoms with Gasteiger partial charge in [0.2, 0.25) is 17.6 Å². The van der Waals surface area contributed by atoms with Crippen molar-refractivity contribution in [2.45, 2.75) is 0 Å². The van der Waals surface area contributed by atoms with E-state index in [9.17, 15) is 4.79 Å². The highest BCUT2D eigenvalue weighted by molar-refractivity contribution is 5.93. The number of nitrogens with one attached hydrogen (secondary N) is 1. The van der Waals surface area contributed by atoms with E-state index >= 15 is 0 Å². The number of anilines is 3. The summed E-state index contributed by atoms with van der Waals surface area (Å²) < 4.78 is 16.1. The molecule has 0 aliphatic heterocycles. The van der Waals surface area contributed by atoms with Crippen molar-refractivity contribution < 1.29 is 19.0 Å². The van der Waals surface area contributed by atoms with Gasteiger partial charge in [0.15, 0.2) is 11.5 Å². The van der Waals surface area contributed by atoms with Crippen LogP contribution < -0.4 is 31.0 Å². The monoisotopic (exact) mass is 395 g/mol. The van der Waals surface area contributed by atoms with E-state index in [0.29, 0.717) is 40.0 Å². The van der Waals surface area contributed by atoms with Crippen molar-refractivity contribution in [3.05, 3.63) is 48.0 Å². The lowest BCUT2D eigenvalue weighted by Crippen LogP contribution is -2.10. The summed E-state index contributed by atoms with van der Waals surface area (Å²) in [6.07, 6.45) is 0. The van der Waals surface area contributed by atoms with Crippen LogP contribution in [0.5, 0.6) is 17.2 Å². The second-order valence-electron chi connectivity index (χ2n) is 5.98. The topological polar surface area (TPSA) is 135 Å². The molecule has 0 bridgehead atoms. The predicted octanol–water partition coefficient (Wildman–Crippen LogP) is 2.59. The number of methoxy groups -OCH3 is 3. The minimum Gasteiger partial charge on any atom is -0.493 e. The highest BCUT2D eigenvalue weighted by Crippen LogP contribution is 2.40. The number of amides is 1. The molecular weight excluding hydrogens is 374 g/mol. The molecule has 0 fully saturated rings. The Kier molecular flexibility index (Phi) is 5.68. The lowest BCUT2D eigenvalue weighted by Gasteiger charge is -2.15. The van der Waals surface area contributed by atoms with Crippen molar-refractivity contribution in [2.75, 3.05) is 32.4 Å². The number of carbonyl (C=O) groups excluding carboxylic acids is 1. The van der Waals surface area contributed by atoms with Crippen molar-refractivity contribution >= 4 is 23.4 Å². The Morgan fingerprint density at radius 3 is 2.07 bits per heavy atom. The molecule has 5 N–H and O–H groups in total. The molecule has 0 unspecified atom stereocenters. The van der Waals surface area contributed by atoms with Crippen LogP contribution in [0.1, 0.15) is 10.4 Å². The number of nitrogen functional groups attached to an aromatic ring is 1. The third kappa shape index (κ3) is 4.29. The van der Waals surface area contributed by atoms with E-state index in [1.54, 1.807) is 42.5 Å². The van der Waals surface area contributed by atoms with Gasteiger partial charge in [0.05, 0.1) is 27.0 Å². The van der Waals surface area contributed by atoms with Crippen molar-refractivity contribution in [3.8, 4) is 28.5 Å². The first-order chi connectivity index (χ1) is 13.9. The molecule has 1 heterocycles. The minimum atomic E-state index is -0.497. The summed E-state index contributed by atoms with van der Waals surface area (Å²) in [7, 11) is 4.61. The molecule has 0 saturated carbocycles. The number of rotatable bonds is 7. The van der Waals surface area contributed by atoms with Gasteiger partial charge in [-0.25, -0.2) is 4.98 Å². The van der Waals surface area contributed by atoms with Crippen LogP contribution in [0.3, 0.4) is 0 Å². The molecule has 9 nitrogen and oxygen atoms in total. The van der Waals surface area contributed by atoms with Gasteiger partial charge in [-0.15, -0.1) is 0 Å². The van der Waals surface area contributed by atoms with Crippen LogP contribution >= 0.6 is 0 Å². The SMILES string of the molecule is COc1cc(Nc2cc(-c3ccc(C(N)=O)cc3)nc(N)n2)cc(OC)c1OC. The summed E-state index contributed by atoms with van der Waals surface area (Å²) in [5, 5.41) is 3.16. The molecule has 0 atom stereocenters. The molecule has 150 valence electrons. The summed E-state index contributed by atoms with van der Waals surface area (Å²) in [5.74, 6) is 1.55. The molecule has 3 aromatic rings. The zero-order chi connectivity index (χ0) is 21.0. The molecule has 1 amide bonds. The first-order valence-electron chi connectivity index (χ1n) is 8.57. The van der Waals surface area contributed by atoms with Gasteiger partial charge >= 0.3 is 0 Å². The predicted molar refractivity (Wildman–Crippen MR) is 110 cm³/mol. The van der Waals surface area contributed by atoms with E-state index in [-0.39, 0.29) is 5.95 Å². The fraction of sp³-hybridized carbons (Fsp3) is 0.150. The Labute approximate surface area is 167 Å². The number of ether oxygens (including phenoxy) is 3. The first kappa shape index (κ1) is 19.7. The van der Waals surface area contributed by atoms with E-state index < -0.39 is 5.91 Å². The maximum atomic E-state index is 11.2. The number of primary amides is 1. The van der Waals surface area contributed by atoms with Gasteiger partial charge in [0.1, 0.15) is 5.82 Å². The maximum absolute atomic E-state index is 11.2. The molecule has 0 spiro atoms. The molecule has 0 aliphatic rings. The molecule has 0 aliphatic carbocycles. The lowest BCUT2D eigenvalue weighted by atomic mass is 10.1. The molecule has 9 heteroatoms. The molecule has 0 radical (unpaired) electrons. The third-order valence-electron chi connectivity index (χ3n) is 4.15. The summed E-state index contributed by atoms with van der Waals surface area (Å²) in [5.41, 5.74) is 13.6. The quantitative estimate of drug-likeness (QED) is 0.556. The van der Waals surface area contributed by atoms with E-state index in [1.807, 2.05) is 0 Å². The number of carbonyl (C=O) groups is 1. The summed E-state index contributed by atoms with van der Waals surface area (Å²) >= 11 is 0. The Hall–Kier alpha value is -4.01.